The van der Waals surface area contributed by atoms with Gasteiger partial charge in [0.25, 0.3) is 5.91 Å². The number of benzene rings is 1. The number of nitrogens with one attached hydrogen (secondary N) is 1. The van der Waals surface area contributed by atoms with Crippen LogP contribution in [0.25, 0.3) is 0 Å². The lowest BCUT2D eigenvalue weighted by atomic mass is 9.84. The van der Waals surface area contributed by atoms with Crippen molar-refractivity contribution >= 4 is 36.0 Å². The molecule has 2 aliphatic heterocycles. The van der Waals surface area contributed by atoms with Crippen LogP contribution in [0, 0.1) is 5.92 Å². The number of piperidine rings is 1. The highest BCUT2D eigenvalue weighted by atomic mass is 35.5. The predicted molar refractivity (Wildman–Crippen MR) is 150 cm³/mol. The summed E-state index contributed by atoms with van der Waals surface area (Å²) in [7, 11) is 0. The number of halogens is 1. The van der Waals surface area contributed by atoms with Gasteiger partial charge in [-0.05, 0) is 86.3 Å². The third-order valence-corrected chi connectivity index (χ3v) is 6.78. The molecule has 2 saturated heterocycles. The van der Waals surface area contributed by atoms with Gasteiger partial charge in [-0.25, -0.2) is 9.59 Å². The molecule has 0 aliphatic carbocycles. The fourth-order valence-electron chi connectivity index (χ4n) is 4.72. The van der Waals surface area contributed by atoms with Crippen LogP contribution in [0.3, 0.4) is 0 Å². The van der Waals surface area contributed by atoms with Crippen molar-refractivity contribution in [3.8, 4) is 5.75 Å². The minimum atomic E-state index is -0.976. The van der Waals surface area contributed by atoms with Crippen molar-refractivity contribution in [2.24, 2.45) is 5.92 Å². The second kappa shape index (κ2) is 12.5. The molecule has 2 amide bonds. The summed E-state index contributed by atoms with van der Waals surface area (Å²) in [6.07, 6.45) is -0.787. The number of amides is 2. The Morgan fingerprint density at radius 3 is 2.20 bits per heavy atom. The number of ether oxygens (including phenoxy) is 5. The van der Waals surface area contributed by atoms with Gasteiger partial charge in [0.15, 0.2) is 18.2 Å². The maximum atomic E-state index is 13.1. The summed E-state index contributed by atoms with van der Waals surface area (Å²) in [6, 6.07) is 2.11. The highest BCUT2D eigenvalue weighted by Gasteiger charge is 2.41. The van der Waals surface area contributed by atoms with Crippen LogP contribution in [0.5, 0.6) is 5.75 Å². The summed E-state index contributed by atoms with van der Waals surface area (Å²) in [5.41, 5.74) is -1.12. The topological polar surface area (TPSA) is 130 Å². The average molecular weight is 597 g/mol. The molecule has 0 radical (unpaired) electrons. The first-order valence-electron chi connectivity index (χ1n) is 13.7. The number of carbonyl (C=O) groups is 4. The van der Waals surface area contributed by atoms with E-state index in [1.807, 2.05) is 0 Å². The molecule has 1 N–H and O–H groups in total. The van der Waals surface area contributed by atoms with Crippen molar-refractivity contribution in [2.75, 3.05) is 19.7 Å². The van der Waals surface area contributed by atoms with Crippen LogP contribution in [0.1, 0.15) is 90.2 Å². The van der Waals surface area contributed by atoms with Crippen molar-refractivity contribution in [3.63, 3.8) is 0 Å². The molecule has 0 spiro atoms. The van der Waals surface area contributed by atoms with Crippen LogP contribution in [-0.2, 0) is 23.7 Å². The van der Waals surface area contributed by atoms with Gasteiger partial charge in [0, 0.05) is 24.2 Å². The summed E-state index contributed by atoms with van der Waals surface area (Å²) in [4.78, 5) is 52.1. The van der Waals surface area contributed by atoms with Gasteiger partial charge >= 0.3 is 12.2 Å². The minimum Gasteiger partial charge on any atom is -0.444 e. The van der Waals surface area contributed by atoms with E-state index in [-0.39, 0.29) is 34.8 Å². The highest BCUT2D eigenvalue weighted by molar-refractivity contribution is 6.33. The molecule has 0 aromatic heterocycles. The molecule has 41 heavy (non-hydrogen) atoms. The lowest BCUT2D eigenvalue weighted by Crippen LogP contribution is -2.47. The van der Waals surface area contributed by atoms with Gasteiger partial charge in [-0.15, -0.1) is 0 Å². The third kappa shape index (κ3) is 9.31. The zero-order valence-electron chi connectivity index (χ0n) is 25.0. The second-order valence-electron chi connectivity index (χ2n) is 12.7. The first-order chi connectivity index (χ1) is 18.9. The van der Waals surface area contributed by atoms with E-state index in [9.17, 15) is 19.2 Å². The molecule has 1 aromatic rings. The van der Waals surface area contributed by atoms with Crippen LogP contribution in [-0.4, -0.2) is 72.1 Å². The lowest BCUT2D eigenvalue weighted by molar-refractivity contribution is -0.161. The Morgan fingerprint density at radius 1 is 1.07 bits per heavy atom. The molecule has 2 fully saturated rings. The van der Waals surface area contributed by atoms with Gasteiger partial charge in [-0.3, -0.25) is 9.59 Å². The normalized spacial score (nSPS) is 20.2. The van der Waals surface area contributed by atoms with E-state index in [4.69, 9.17) is 35.3 Å². The standard InChI is InChI=1S/C29H41ClN2O9/c1-27(2,3)40-25(35)31-23(17-9-11-32(12-10-17)24(34)22-16-37-29(7,8)39-22)19-14-20(30)18(15-33)13-21(19)38-26(36)41-28(4,5)6/h13-15,17,22-23H,9-12,16H2,1-8H3,(H,31,35)/t22-,23-/m1/s1. The van der Waals surface area contributed by atoms with Crippen molar-refractivity contribution < 1.29 is 42.9 Å². The summed E-state index contributed by atoms with van der Waals surface area (Å²) in [5, 5.41) is 3.03. The van der Waals surface area contributed by atoms with Crippen LogP contribution >= 0.6 is 11.6 Å². The van der Waals surface area contributed by atoms with Gasteiger partial charge in [0.2, 0.25) is 0 Å². The Kier molecular flexibility index (Phi) is 9.98. The van der Waals surface area contributed by atoms with E-state index in [1.165, 1.54) is 12.1 Å². The molecule has 3 rings (SSSR count). The van der Waals surface area contributed by atoms with Crippen LogP contribution in [0.4, 0.5) is 9.59 Å². The van der Waals surface area contributed by atoms with E-state index in [0.717, 1.165) is 0 Å². The quantitative estimate of drug-likeness (QED) is 0.260. The molecule has 2 heterocycles. The number of rotatable bonds is 6. The SMILES string of the molecule is CC(C)(C)OC(=O)N[C@@H](c1cc(Cl)c(C=O)cc1OC(=O)OC(C)(C)C)C1CCN(C(=O)[C@H]2COC(C)(C)O2)CC1. The van der Waals surface area contributed by atoms with Crippen molar-refractivity contribution in [2.45, 2.75) is 97.4 Å². The van der Waals surface area contributed by atoms with Crippen molar-refractivity contribution in [1.82, 2.24) is 10.2 Å². The van der Waals surface area contributed by atoms with Crippen molar-refractivity contribution in [1.29, 1.82) is 0 Å². The summed E-state index contributed by atoms with van der Waals surface area (Å²) < 4.78 is 27.7. The molecule has 2 atom stereocenters. The zero-order valence-corrected chi connectivity index (χ0v) is 25.8. The first-order valence-corrected chi connectivity index (χ1v) is 14.0. The number of aldehydes is 1. The number of likely N-dealkylation sites (tertiary alicyclic amines) is 1. The van der Waals surface area contributed by atoms with Gasteiger partial charge in [-0.1, -0.05) is 11.6 Å². The average Bonchev–Trinajstić information content (AvgIpc) is 3.20. The maximum absolute atomic E-state index is 13.1. The molecular formula is C29H41ClN2O9. The molecule has 11 nitrogen and oxygen atoms in total. The summed E-state index contributed by atoms with van der Waals surface area (Å²) >= 11 is 6.41. The highest BCUT2D eigenvalue weighted by Crippen LogP contribution is 2.39. The molecule has 0 bridgehead atoms. The molecule has 2 aliphatic rings. The third-order valence-electron chi connectivity index (χ3n) is 6.45. The van der Waals surface area contributed by atoms with E-state index >= 15 is 0 Å². The predicted octanol–water partition coefficient (Wildman–Crippen LogP) is 5.42. The maximum Gasteiger partial charge on any atom is 0.514 e. The number of nitrogens with zero attached hydrogens (tertiary/aromatic N) is 1. The minimum absolute atomic E-state index is 0.0176. The number of alkyl carbamates (subject to hydrolysis) is 1. The van der Waals surface area contributed by atoms with Gasteiger partial charge in [0.05, 0.1) is 17.7 Å². The summed E-state index contributed by atoms with van der Waals surface area (Å²) in [5.74, 6) is -1.16. The monoisotopic (exact) mass is 596 g/mol. The van der Waals surface area contributed by atoms with E-state index in [0.29, 0.717) is 37.8 Å². The molecule has 1 aromatic carbocycles. The second-order valence-corrected chi connectivity index (χ2v) is 13.1. The largest absolute Gasteiger partial charge is 0.514 e. The molecular weight excluding hydrogens is 556 g/mol. The number of hydrogen-bond donors (Lipinski definition) is 1. The Labute approximate surface area is 246 Å². The first kappa shape index (κ1) is 32.6. The molecule has 0 saturated carbocycles. The Hall–Kier alpha value is -2.89. The molecule has 0 unspecified atom stereocenters. The molecule has 12 heteroatoms. The Morgan fingerprint density at radius 2 is 1.68 bits per heavy atom. The fraction of sp³-hybridized carbons (Fsp3) is 0.655. The smallest absolute Gasteiger partial charge is 0.444 e. The Balaban J connectivity index is 1.90. The molecule has 228 valence electrons. The van der Waals surface area contributed by atoms with Gasteiger partial charge < -0.3 is 33.9 Å². The van der Waals surface area contributed by atoms with Crippen LogP contribution < -0.4 is 10.1 Å². The zero-order chi connectivity index (χ0) is 30.8. The fourth-order valence-corrected chi connectivity index (χ4v) is 4.93. The Bertz CT molecular complexity index is 1150. The van der Waals surface area contributed by atoms with E-state index in [1.54, 1.807) is 60.3 Å². The van der Waals surface area contributed by atoms with E-state index < -0.39 is 41.4 Å². The summed E-state index contributed by atoms with van der Waals surface area (Å²) in [6.45, 7) is 14.8. The number of hydrogen-bond acceptors (Lipinski definition) is 9. The number of carbonyl (C=O) groups excluding carboxylic acids is 4. The van der Waals surface area contributed by atoms with Gasteiger partial charge in [0.1, 0.15) is 17.0 Å². The van der Waals surface area contributed by atoms with Crippen LogP contribution in [0.2, 0.25) is 5.02 Å². The van der Waals surface area contributed by atoms with Crippen LogP contribution in [0.15, 0.2) is 12.1 Å². The lowest BCUT2D eigenvalue weighted by Gasteiger charge is -2.38. The van der Waals surface area contributed by atoms with Crippen molar-refractivity contribution in [3.05, 3.63) is 28.3 Å². The van der Waals surface area contributed by atoms with E-state index in [2.05, 4.69) is 5.32 Å². The van der Waals surface area contributed by atoms with Gasteiger partial charge in [-0.2, -0.15) is 0 Å².